The van der Waals surface area contributed by atoms with Crippen LogP contribution < -0.4 is 0 Å². The Bertz CT molecular complexity index is 197. The van der Waals surface area contributed by atoms with Crippen molar-refractivity contribution in [3.8, 4) is 0 Å². The van der Waals surface area contributed by atoms with Gasteiger partial charge in [0.1, 0.15) is 13.2 Å². The van der Waals surface area contributed by atoms with Gasteiger partial charge in [0.15, 0.2) is 0 Å². The fourth-order valence-corrected chi connectivity index (χ4v) is 0.893. The van der Waals surface area contributed by atoms with Gasteiger partial charge in [0.05, 0.1) is 20.6 Å². The van der Waals surface area contributed by atoms with E-state index in [1.165, 1.54) is 6.08 Å². The molecule has 0 aliphatic rings. The van der Waals surface area contributed by atoms with Crippen LogP contribution in [0.4, 0.5) is 0 Å². The van der Waals surface area contributed by atoms with Crippen LogP contribution >= 0.6 is 0 Å². The molecule has 0 rings (SSSR count). The van der Waals surface area contributed by atoms with Crippen LogP contribution in [0.25, 0.3) is 0 Å². The summed E-state index contributed by atoms with van der Waals surface area (Å²) >= 11 is 0. The standard InChI is InChI=1S/C10H18NO2/c1-5-7-11(3,4)8-9-13-10(12)6-2/h5-6H,1-2,7-9H2,3-4H3/q+1. The van der Waals surface area contributed by atoms with E-state index in [2.05, 4.69) is 27.3 Å². The maximum absolute atomic E-state index is 10.7. The van der Waals surface area contributed by atoms with Crippen molar-refractivity contribution in [3.63, 3.8) is 0 Å². The predicted octanol–water partition coefficient (Wildman–Crippen LogP) is 0.978. The molecule has 0 heterocycles. The van der Waals surface area contributed by atoms with Gasteiger partial charge in [-0.1, -0.05) is 13.2 Å². The van der Waals surface area contributed by atoms with E-state index < -0.39 is 0 Å². The number of esters is 1. The molecular weight excluding hydrogens is 166 g/mol. The Hall–Kier alpha value is -1.09. The summed E-state index contributed by atoms with van der Waals surface area (Å²) in [5.74, 6) is -0.362. The van der Waals surface area contributed by atoms with Crippen LogP contribution in [0.5, 0.6) is 0 Å². The molecule has 0 aliphatic carbocycles. The number of rotatable bonds is 6. The topological polar surface area (TPSA) is 26.3 Å². The zero-order valence-electron chi connectivity index (χ0n) is 8.45. The lowest BCUT2D eigenvalue weighted by Gasteiger charge is -2.27. The molecule has 0 aliphatic heterocycles. The highest BCUT2D eigenvalue weighted by Gasteiger charge is 2.12. The van der Waals surface area contributed by atoms with E-state index in [4.69, 9.17) is 4.74 Å². The zero-order valence-corrected chi connectivity index (χ0v) is 8.45. The summed E-state index contributed by atoms with van der Waals surface area (Å²) in [5, 5.41) is 0. The average molecular weight is 184 g/mol. The second kappa shape index (κ2) is 5.54. The number of quaternary nitrogens is 1. The van der Waals surface area contributed by atoms with Gasteiger partial charge >= 0.3 is 5.97 Å². The van der Waals surface area contributed by atoms with E-state index in [0.717, 1.165) is 17.6 Å². The normalized spacial score (nSPS) is 10.6. The molecule has 0 fully saturated rings. The molecule has 0 spiro atoms. The Balaban J connectivity index is 3.68. The van der Waals surface area contributed by atoms with Crippen LogP contribution in [-0.4, -0.2) is 44.2 Å². The number of ether oxygens (including phenoxy) is 1. The zero-order chi connectivity index (χ0) is 10.3. The molecule has 74 valence electrons. The minimum atomic E-state index is -0.362. The van der Waals surface area contributed by atoms with E-state index in [9.17, 15) is 4.79 Å². The fourth-order valence-electron chi connectivity index (χ4n) is 0.893. The molecule has 0 N–H and O–H groups in total. The molecule has 0 aromatic carbocycles. The van der Waals surface area contributed by atoms with Crippen LogP contribution in [0.3, 0.4) is 0 Å². The van der Waals surface area contributed by atoms with Gasteiger partial charge in [0.2, 0.25) is 0 Å². The highest BCUT2D eigenvalue weighted by molar-refractivity contribution is 5.81. The van der Waals surface area contributed by atoms with E-state index in [-0.39, 0.29) is 5.97 Å². The lowest BCUT2D eigenvalue weighted by Crippen LogP contribution is -2.42. The molecule has 3 heteroatoms. The van der Waals surface area contributed by atoms with Crippen LogP contribution in [0.2, 0.25) is 0 Å². The molecule has 0 radical (unpaired) electrons. The third-order valence-corrected chi connectivity index (χ3v) is 1.73. The molecular formula is C10H18NO2+. The van der Waals surface area contributed by atoms with Crippen molar-refractivity contribution in [1.82, 2.24) is 0 Å². The first-order valence-corrected chi connectivity index (χ1v) is 4.24. The lowest BCUT2D eigenvalue weighted by atomic mass is 10.4. The van der Waals surface area contributed by atoms with E-state index in [0.29, 0.717) is 6.61 Å². The first kappa shape index (κ1) is 11.9. The van der Waals surface area contributed by atoms with E-state index >= 15 is 0 Å². The average Bonchev–Trinajstić information content (AvgIpc) is 2.03. The van der Waals surface area contributed by atoms with Crippen LogP contribution in [-0.2, 0) is 9.53 Å². The first-order chi connectivity index (χ1) is 6.02. The Morgan fingerprint density at radius 3 is 2.54 bits per heavy atom. The Kier molecular flexibility index (Phi) is 5.07. The quantitative estimate of drug-likeness (QED) is 0.266. The molecule has 13 heavy (non-hydrogen) atoms. The second-order valence-corrected chi connectivity index (χ2v) is 3.50. The number of hydrogen-bond acceptors (Lipinski definition) is 2. The number of hydrogen-bond donors (Lipinski definition) is 0. The maximum atomic E-state index is 10.7. The van der Waals surface area contributed by atoms with Crippen molar-refractivity contribution in [2.75, 3.05) is 33.8 Å². The van der Waals surface area contributed by atoms with Crippen molar-refractivity contribution in [3.05, 3.63) is 25.3 Å². The Morgan fingerprint density at radius 1 is 1.46 bits per heavy atom. The number of nitrogens with zero attached hydrogens (tertiary/aromatic N) is 1. The fraction of sp³-hybridized carbons (Fsp3) is 0.500. The SMILES string of the molecule is C=CC[N+](C)(C)CCOC(=O)C=C. The van der Waals surface area contributed by atoms with Gasteiger partial charge in [-0.05, 0) is 6.08 Å². The largest absolute Gasteiger partial charge is 0.457 e. The molecule has 0 amide bonds. The van der Waals surface area contributed by atoms with Crippen LogP contribution in [0.15, 0.2) is 25.3 Å². The second-order valence-electron chi connectivity index (χ2n) is 3.50. The maximum Gasteiger partial charge on any atom is 0.330 e. The van der Waals surface area contributed by atoms with Crippen LogP contribution in [0, 0.1) is 0 Å². The Morgan fingerprint density at radius 2 is 2.08 bits per heavy atom. The molecule has 0 saturated carbocycles. The van der Waals surface area contributed by atoms with Gasteiger partial charge < -0.3 is 9.22 Å². The summed E-state index contributed by atoms with van der Waals surface area (Å²) in [6, 6.07) is 0. The van der Waals surface area contributed by atoms with Gasteiger partial charge in [-0.25, -0.2) is 4.79 Å². The Labute approximate surface area is 79.9 Å². The van der Waals surface area contributed by atoms with Crippen LogP contribution in [0.1, 0.15) is 0 Å². The summed E-state index contributed by atoms with van der Waals surface area (Å²) in [7, 11) is 4.12. The number of likely N-dealkylation sites (N-methyl/N-ethyl adjacent to an activating group) is 1. The molecule has 0 aromatic heterocycles. The number of carbonyl (C=O) groups is 1. The molecule has 0 unspecified atom stereocenters. The van der Waals surface area contributed by atoms with Crippen molar-refractivity contribution in [2.45, 2.75) is 0 Å². The molecule has 0 atom stereocenters. The van der Waals surface area contributed by atoms with E-state index in [1.54, 1.807) is 0 Å². The van der Waals surface area contributed by atoms with Gasteiger partial charge in [-0.2, -0.15) is 0 Å². The van der Waals surface area contributed by atoms with E-state index in [1.807, 2.05) is 6.08 Å². The summed E-state index contributed by atoms with van der Waals surface area (Å²) in [6.45, 7) is 9.05. The summed E-state index contributed by atoms with van der Waals surface area (Å²) in [5.41, 5.74) is 0. The minimum absolute atomic E-state index is 0.362. The van der Waals surface area contributed by atoms with Crippen molar-refractivity contribution in [2.24, 2.45) is 0 Å². The molecule has 0 bridgehead atoms. The monoisotopic (exact) mass is 184 g/mol. The van der Waals surface area contributed by atoms with Crippen molar-refractivity contribution >= 4 is 5.97 Å². The smallest absolute Gasteiger partial charge is 0.330 e. The summed E-state index contributed by atoms with van der Waals surface area (Å²) in [4.78, 5) is 10.7. The van der Waals surface area contributed by atoms with Crippen molar-refractivity contribution < 1.29 is 14.0 Å². The third-order valence-electron chi connectivity index (χ3n) is 1.73. The lowest BCUT2D eigenvalue weighted by molar-refractivity contribution is -0.884. The summed E-state index contributed by atoms with van der Waals surface area (Å²) < 4.78 is 5.64. The third kappa shape index (κ3) is 6.11. The molecule has 0 aromatic rings. The highest BCUT2D eigenvalue weighted by Crippen LogP contribution is 1.96. The van der Waals surface area contributed by atoms with Gasteiger partial charge in [0, 0.05) is 6.08 Å². The number of carbonyl (C=O) groups excluding carboxylic acids is 1. The van der Waals surface area contributed by atoms with Gasteiger partial charge in [0.25, 0.3) is 0 Å². The molecule has 0 saturated heterocycles. The summed E-state index contributed by atoms with van der Waals surface area (Å²) in [6.07, 6.45) is 3.03. The predicted molar refractivity (Wildman–Crippen MR) is 53.2 cm³/mol. The minimum Gasteiger partial charge on any atom is -0.457 e. The highest BCUT2D eigenvalue weighted by atomic mass is 16.5. The molecule has 3 nitrogen and oxygen atoms in total. The van der Waals surface area contributed by atoms with Gasteiger partial charge in [-0.3, -0.25) is 0 Å². The van der Waals surface area contributed by atoms with Gasteiger partial charge in [-0.15, -0.1) is 0 Å². The van der Waals surface area contributed by atoms with Crippen molar-refractivity contribution in [1.29, 1.82) is 0 Å². The first-order valence-electron chi connectivity index (χ1n) is 4.24.